The van der Waals surface area contributed by atoms with Crippen LogP contribution in [0, 0.1) is 21.4 Å². The molecule has 0 aliphatic heterocycles. The fraction of sp³-hybridized carbons (Fsp3) is 0.214. The van der Waals surface area contributed by atoms with Crippen LogP contribution in [-0.2, 0) is 0 Å². The van der Waals surface area contributed by atoms with Gasteiger partial charge < -0.3 is 10.4 Å². The maximum atomic E-state index is 11.1. The quantitative estimate of drug-likeness (QED) is 0.631. The molecule has 0 aliphatic carbocycles. The number of nitro benzene ring substituents is 1. The minimum Gasteiger partial charge on any atom is -0.396 e. The van der Waals surface area contributed by atoms with Crippen LogP contribution in [0.3, 0.4) is 0 Å². The zero-order valence-corrected chi connectivity index (χ0v) is 11.8. The number of aliphatic hydroxyl groups is 1. The number of benzene rings is 1. The highest BCUT2D eigenvalue weighted by molar-refractivity contribution is 7.10. The van der Waals surface area contributed by atoms with Crippen molar-refractivity contribution >= 4 is 22.7 Å². The zero-order valence-electron chi connectivity index (χ0n) is 11.0. The normalized spacial score (nSPS) is 11.6. The molecule has 0 saturated heterocycles. The lowest BCUT2D eigenvalue weighted by Gasteiger charge is -2.17. The first-order valence-electron chi connectivity index (χ1n) is 6.25. The lowest BCUT2D eigenvalue weighted by atomic mass is 10.1. The van der Waals surface area contributed by atoms with Gasteiger partial charge in [-0.2, -0.15) is 5.26 Å². The standard InChI is InChI=1S/C14H13N3O3S/c15-9-10-3-4-11(13(8-10)17(19)20)16-12(5-6-18)14-2-1-7-21-14/h1-4,7-8,12,16,18H,5-6H2. The Balaban J connectivity index is 2.32. The first-order valence-corrected chi connectivity index (χ1v) is 7.13. The zero-order chi connectivity index (χ0) is 15.2. The van der Waals surface area contributed by atoms with Gasteiger partial charge in [-0.15, -0.1) is 11.3 Å². The molecule has 1 aromatic heterocycles. The monoisotopic (exact) mass is 303 g/mol. The van der Waals surface area contributed by atoms with E-state index in [2.05, 4.69) is 5.32 Å². The van der Waals surface area contributed by atoms with Crippen molar-refractivity contribution in [2.75, 3.05) is 11.9 Å². The van der Waals surface area contributed by atoms with E-state index < -0.39 is 4.92 Å². The third kappa shape index (κ3) is 3.56. The number of hydrogen-bond acceptors (Lipinski definition) is 6. The Morgan fingerprint density at radius 1 is 1.48 bits per heavy atom. The molecule has 2 aromatic rings. The Morgan fingerprint density at radius 2 is 2.29 bits per heavy atom. The maximum Gasteiger partial charge on any atom is 0.293 e. The van der Waals surface area contributed by atoms with E-state index in [9.17, 15) is 10.1 Å². The third-order valence-electron chi connectivity index (χ3n) is 2.96. The summed E-state index contributed by atoms with van der Waals surface area (Å²) in [6, 6.07) is 9.77. The van der Waals surface area contributed by atoms with Gasteiger partial charge in [0.1, 0.15) is 5.69 Å². The summed E-state index contributed by atoms with van der Waals surface area (Å²) in [4.78, 5) is 11.6. The van der Waals surface area contributed by atoms with E-state index in [0.717, 1.165) is 4.88 Å². The molecule has 108 valence electrons. The lowest BCUT2D eigenvalue weighted by molar-refractivity contribution is -0.384. The van der Waals surface area contributed by atoms with Gasteiger partial charge in [0, 0.05) is 17.6 Å². The van der Waals surface area contributed by atoms with Crippen molar-refractivity contribution in [3.63, 3.8) is 0 Å². The fourth-order valence-electron chi connectivity index (χ4n) is 1.97. The van der Waals surface area contributed by atoms with Gasteiger partial charge in [-0.05, 0) is 30.0 Å². The van der Waals surface area contributed by atoms with Crippen LogP contribution in [0.2, 0.25) is 0 Å². The van der Waals surface area contributed by atoms with Crippen LogP contribution in [0.25, 0.3) is 0 Å². The Kier molecular flexibility index (Phi) is 4.87. The van der Waals surface area contributed by atoms with Crippen LogP contribution >= 0.6 is 11.3 Å². The number of nitro groups is 1. The summed E-state index contributed by atoms with van der Waals surface area (Å²) in [6.07, 6.45) is 0.442. The van der Waals surface area contributed by atoms with E-state index in [-0.39, 0.29) is 23.9 Å². The molecule has 7 heteroatoms. The molecule has 0 saturated carbocycles. The number of aliphatic hydroxyl groups excluding tert-OH is 1. The van der Waals surface area contributed by atoms with Crippen LogP contribution in [0.4, 0.5) is 11.4 Å². The summed E-state index contributed by atoms with van der Waals surface area (Å²) in [5.74, 6) is 0. The fourth-order valence-corrected chi connectivity index (χ4v) is 2.78. The molecule has 21 heavy (non-hydrogen) atoms. The van der Waals surface area contributed by atoms with E-state index in [1.54, 1.807) is 0 Å². The topological polar surface area (TPSA) is 99.2 Å². The second-order valence-electron chi connectivity index (χ2n) is 4.33. The van der Waals surface area contributed by atoms with Crippen LogP contribution in [0.1, 0.15) is 22.9 Å². The van der Waals surface area contributed by atoms with Crippen molar-refractivity contribution in [3.8, 4) is 6.07 Å². The van der Waals surface area contributed by atoms with Crippen molar-refractivity contribution in [1.29, 1.82) is 5.26 Å². The Hall–Kier alpha value is -2.43. The van der Waals surface area contributed by atoms with Crippen molar-refractivity contribution in [1.82, 2.24) is 0 Å². The molecule has 1 heterocycles. The number of thiophene rings is 1. The van der Waals surface area contributed by atoms with E-state index in [0.29, 0.717) is 12.1 Å². The van der Waals surface area contributed by atoms with Gasteiger partial charge in [-0.1, -0.05) is 6.07 Å². The molecule has 0 amide bonds. The number of rotatable bonds is 6. The minimum atomic E-state index is -0.520. The summed E-state index contributed by atoms with van der Waals surface area (Å²) in [5.41, 5.74) is 0.432. The van der Waals surface area contributed by atoms with Gasteiger partial charge in [0.15, 0.2) is 0 Å². The highest BCUT2D eigenvalue weighted by Crippen LogP contribution is 2.31. The molecule has 1 unspecified atom stereocenters. The predicted molar refractivity (Wildman–Crippen MR) is 80.2 cm³/mol. The molecule has 0 radical (unpaired) electrons. The molecule has 2 rings (SSSR count). The van der Waals surface area contributed by atoms with Crippen LogP contribution in [0.15, 0.2) is 35.7 Å². The summed E-state index contributed by atoms with van der Waals surface area (Å²) < 4.78 is 0. The molecule has 0 spiro atoms. The highest BCUT2D eigenvalue weighted by atomic mass is 32.1. The molecule has 1 atom stereocenters. The second kappa shape index (κ2) is 6.83. The Morgan fingerprint density at radius 3 is 2.86 bits per heavy atom. The maximum absolute atomic E-state index is 11.1. The Bertz CT molecular complexity index is 665. The third-order valence-corrected chi connectivity index (χ3v) is 3.94. The van der Waals surface area contributed by atoms with Crippen molar-refractivity contribution in [3.05, 3.63) is 56.3 Å². The number of nitriles is 1. The summed E-state index contributed by atoms with van der Waals surface area (Å²) in [7, 11) is 0. The Labute approximate surface area is 125 Å². The van der Waals surface area contributed by atoms with Gasteiger partial charge >= 0.3 is 0 Å². The van der Waals surface area contributed by atoms with E-state index in [1.165, 1.54) is 29.5 Å². The summed E-state index contributed by atoms with van der Waals surface area (Å²) in [6.45, 7) is -0.0281. The number of hydrogen-bond donors (Lipinski definition) is 2. The van der Waals surface area contributed by atoms with Gasteiger partial charge in [-0.25, -0.2) is 0 Å². The molecule has 2 N–H and O–H groups in total. The molecule has 1 aromatic carbocycles. The average molecular weight is 303 g/mol. The smallest absolute Gasteiger partial charge is 0.293 e. The first-order chi connectivity index (χ1) is 10.2. The largest absolute Gasteiger partial charge is 0.396 e. The van der Waals surface area contributed by atoms with E-state index in [1.807, 2.05) is 23.6 Å². The van der Waals surface area contributed by atoms with Gasteiger partial charge in [-0.3, -0.25) is 10.1 Å². The van der Waals surface area contributed by atoms with Crippen molar-refractivity contribution < 1.29 is 10.0 Å². The first kappa shape index (κ1) is 15.0. The highest BCUT2D eigenvalue weighted by Gasteiger charge is 2.19. The molecule has 0 bridgehead atoms. The van der Waals surface area contributed by atoms with Gasteiger partial charge in [0.05, 0.1) is 22.6 Å². The average Bonchev–Trinajstić information content (AvgIpc) is 3.01. The molecule has 0 fully saturated rings. The lowest BCUT2D eigenvalue weighted by Crippen LogP contribution is -2.12. The molecule has 0 aliphatic rings. The minimum absolute atomic E-state index is 0.0281. The number of anilines is 1. The molecule has 6 nitrogen and oxygen atoms in total. The van der Waals surface area contributed by atoms with Gasteiger partial charge in [0.25, 0.3) is 5.69 Å². The van der Waals surface area contributed by atoms with Crippen LogP contribution < -0.4 is 5.32 Å². The molecular formula is C14H13N3O3S. The SMILES string of the molecule is N#Cc1ccc(NC(CCO)c2cccs2)c([N+](=O)[O-])c1. The van der Waals surface area contributed by atoms with E-state index >= 15 is 0 Å². The van der Waals surface area contributed by atoms with Crippen LogP contribution in [-0.4, -0.2) is 16.6 Å². The molecular weight excluding hydrogens is 290 g/mol. The van der Waals surface area contributed by atoms with E-state index in [4.69, 9.17) is 10.4 Å². The van der Waals surface area contributed by atoms with Crippen molar-refractivity contribution in [2.45, 2.75) is 12.5 Å². The van der Waals surface area contributed by atoms with Crippen LogP contribution in [0.5, 0.6) is 0 Å². The van der Waals surface area contributed by atoms with Crippen molar-refractivity contribution in [2.24, 2.45) is 0 Å². The predicted octanol–water partition coefficient (Wildman–Crippen LogP) is 3.06. The number of nitrogens with zero attached hydrogens (tertiary/aromatic N) is 2. The second-order valence-corrected chi connectivity index (χ2v) is 5.30. The number of nitrogens with one attached hydrogen (secondary N) is 1. The summed E-state index contributed by atoms with van der Waals surface area (Å²) >= 11 is 1.52. The summed E-state index contributed by atoms with van der Waals surface area (Å²) in [5, 5.41) is 34.1. The van der Waals surface area contributed by atoms with Gasteiger partial charge in [0.2, 0.25) is 0 Å².